The van der Waals surface area contributed by atoms with E-state index >= 15 is 0 Å². The number of hydrogen-bond donors (Lipinski definition) is 2. The molecule has 2 rings (SSSR count). The third kappa shape index (κ3) is 4.21. The number of nitrogens with one attached hydrogen (secondary N) is 1. The average Bonchev–Trinajstić information content (AvgIpc) is 2.41. The first kappa shape index (κ1) is 15.8. The third-order valence-electron chi connectivity index (χ3n) is 4.05. The molecule has 4 nitrogen and oxygen atoms in total. The molecule has 1 aromatic carbocycles. The highest BCUT2D eigenvalue weighted by Gasteiger charge is 2.27. The van der Waals surface area contributed by atoms with Crippen LogP contribution in [0, 0.1) is 0 Å². The topological polar surface area (TPSA) is 64.4 Å². The number of ether oxygens (including phenoxy) is 1. The molecule has 0 saturated heterocycles. The molecule has 0 heterocycles. The van der Waals surface area contributed by atoms with Gasteiger partial charge in [0.2, 0.25) is 5.91 Å². The molecule has 0 bridgehead atoms. The fourth-order valence-electron chi connectivity index (χ4n) is 2.44. The van der Waals surface area contributed by atoms with Gasteiger partial charge >= 0.3 is 0 Å². The Bertz CT molecular complexity index is 481. The van der Waals surface area contributed by atoms with E-state index < -0.39 is 5.54 Å². The van der Waals surface area contributed by atoms with Gasteiger partial charge in [-0.1, -0.05) is 31.5 Å². The fraction of sp³-hybridized carbons (Fsp3) is 0.588. The van der Waals surface area contributed by atoms with Gasteiger partial charge in [-0.15, -0.1) is 0 Å². The van der Waals surface area contributed by atoms with Gasteiger partial charge in [0.05, 0.1) is 11.6 Å². The Kier molecular flexibility index (Phi) is 5.23. The van der Waals surface area contributed by atoms with E-state index in [1.54, 1.807) is 6.92 Å². The second kappa shape index (κ2) is 6.94. The van der Waals surface area contributed by atoms with Gasteiger partial charge in [0.15, 0.2) is 0 Å². The minimum Gasteiger partial charge on any atom is -0.490 e. The number of para-hydroxylation sites is 1. The van der Waals surface area contributed by atoms with Gasteiger partial charge < -0.3 is 15.8 Å². The van der Waals surface area contributed by atoms with E-state index in [-0.39, 0.29) is 5.91 Å². The zero-order chi connectivity index (χ0) is 15.3. The van der Waals surface area contributed by atoms with Crippen molar-refractivity contribution in [2.75, 3.05) is 0 Å². The molecule has 1 saturated carbocycles. The summed E-state index contributed by atoms with van der Waals surface area (Å²) < 4.78 is 5.96. The largest absolute Gasteiger partial charge is 0.490 e. The van der Waals surface area contributed by atoms with Crippen molar-refractivity contribution in [3.05, 3.63) is 29.8 Å². The predicted octanol–water partition coefficient (Wildman–Crippen LogP) is 2.75. The lowest BCUT2D eigenvalue weighted by atomic mass is 9.96. The summed E-state index contributed by atoms with van der Waals surface area (Å²) in [5.41, 5.74) is 6.24. The summed E-state index contributed by atoms with van der Waals surface area (Å²) in [6, 6.07) is 7.88. The molecule has 1 atom stereocenters. The summed E-state index contributed by atoms with van der Waals surface area (Å²) in [5.74, 6) is 0.763. The molecule has 3 N–H and O–H groups in total. The third-order valence-corrected chi connectivity index (χ3v) is 4.05. The Morgan fingerprint density at radius 3 is 2.76 bits per heavy atom. The van der Waals surface area contributed by atoms with Crippen molar-refractivity contribution in [3.63, 3.8) is 0 Å². The van der Waals surface area contributed by atoms with E-state index in [9.17, 15) is 4.79 Å². The van der Waals surface area contributed by atoms with Gasteiger partial charge in [-0.05, 0) is 38.7 Å². The summed E-state index contributed by atoms with van der Waals surface area (Å²) in [4.78, 5) is 12.2. The van der Waals surface area contributed by atoms with Crippen LogP contribution in [0.15, 0.2) is 24.3 Å². The van der Waals surface area contributed by atoms with Crippen molar-refractivity contribution in [3.8, 4) is 5.75 Å². The van der Waals surface area contributed by atoms with Crippen molar-refractivity contribution >= 4 is 5.91 Å². The van der Waals surface area contributed by atoms with Crippen molar-refractivity contribution in [2.45, 2.75) is 64.1 Å². The predicted molar refractivity (Wildman–Crippen MR) is 84.1 cm³/mol. The van der Waals surface area contributed by atoms with E-state index in [0.29, 0.717) is 19.1 Å². The first-order valence-corrected chi connectivity index (χ1v) is 7.84. The van der Waals surface area contributed by atoms with Crippen LogP contribution in [-0.2, 0) is 11.3 Å². The zero-order valence-electron chi connectivity index (χ0n) is 13.0. The average molecular weight is 290 g/mol. The number of amides is 1. The van der Waals surface area contributed by atoms with E-state index in [2.05, 4.69) is 5.32 Å². The Morgan fingerprint density at radius 2 is 2.14 bits per heavy atom. The maximum absolute atomic E-state index is 12.2. The highest BCUT2D eigenvalue weighted by atomic mass is 16.5. The van der Waals surface area contributed by atoms with Crippen LogP contribution in [-0.4, -0.2) is 17.6 Å². The summed E-state index contributed by atoms with van der Waals surface area (Å²) >= 11 is 0. The zero-order valence-corrected chi connectivity index (χ0v) is 13.0. The van der Waals surface area contributed by atoms with Crippen LogP contribution in [0.1, 0.15) is 51.5 Å². The monoisotopic (exact) mass is 290 g/mol. The number of carbonyl (C=O) groups is 1. The van der Waals surface area contributed by atoms with Gasteiger partial charge in [0.25, 0.3) is 0 Å². The summed E-state index contributed by atoms with van der Waals surface area (Å²) in [7, 11) is 0. The van der Waals surface area contributed by atoms with E-state index in [0.717, 1.165) is 30.6 Å². The van der Waals surface area contributed by atoms with Gasteiger partial charge in [0.1, 0.15) is 5.75 Å². The maximum atomic E-state index is 12.2. The second-order valence-electron chi connectivity index (χ2n) is 6.13. The second-order valence-corrected chi connectivity index (χ2v) is 6.13. The lowest BCUT2D eigenvalue weighted by Gasteiger charge is -2.28. The minimum atomic E-state index is -0.807. The van der Waals surface area contributed by atoms with Crippen LogP contribution < -0.4 is 15.8 Å². The Hall–Kier alpha value is -1.55. The molecular formula is C17H26N2O2. The van der Waals surface area contributed by atoms with Crippen LogP contribution >= 0.6 is 0 Å². The normalized spacial score (nSPS) is 17.7. The van der Waals surface area contributed by atoms with E-state index in [4.69, 9.17) is 10.5 Å². The van der Waals surface area contributed by atoms with Crippen LogP contribution in [0.2, 0.25) is 0 Å². The minimum absolute atomic E-state index is 0.109. The Labute approximate surface area is 127 Å². The van der Waals surface area contributed by atoms with Crippen LogP contribution in [0.4, 0.5) is 0 Å². The molecule has 4 heteroatoms. The number of carbonyl (C=O) groups excluding carboxylic acids is 1. The Morgan fingerprint density at radius 1 is 1.43 bits per heavy atom. The molecule has 1 aliphatic rings. The number of benzene rings is 1. The molecule has 1 fully saturated rings. The molecule has 0 aromatic heterocycles. The maximum Gasteiger partial charge on any atom is 0.240 e. The first-order valence-electron chi connectivity index (χ1n) is 7.84. The van der Waals surface area contributed by atoms with Crippen molar-refractivity contribution in [2.24, 2.45) is 5.73 Å². The summed E-state index contributed by atoms with van der Waals surface area (Å²) in [6.07, 6.45) is 5.39. The molecule has 21 heavy (non-hydrogen) atoms. The smallest absolute Gasteiger partial charge is 0.240 e. The fourth-order valence-corrected chi connectivity index (χ4v) is 2.44. The molecule has 1 unspecified atom stereocenters. The quantitative estimate of drug-likeness (QED) is 0.811. The number of nitrogens with two attached hydrogens (primary N) is 1. The highest BCUT2D eigenvalue weighted by Crippen LogP contribution is 2.27. The molecule has 1 amide bonds. The first-order chi connectivity index (χ1) is 10.0. The standard InChI is InChI=1S/C17H26N2O2/c1-3-11-17(2,18)16(20)19-12-13-7-4-5-10-15(13)21-14-8-6-9-14/h4-5,7,10,14H,3,6,8-9,11-12,18H2,1-2H3,(H,19,20). The van der Waals surface area contributed by atoms with Crippen LogP contribution in [0.25, 0.3) is 0 Å². The molecule has 1 aliphatic carbocycles. The SMILES string of the molecule is CCCC(C)(N)C(=O)NCc1ccccc1OC1CCC1. The molecule has 0 aliphatic heterocycles. The van der Waals surface area contributed by atoms with Crippen molar-refractivity contribution < 1.29 is 9.53 Å². The van der Waals surface area contributed by atoms with Gasteiger partial charge in [-0.2, -0.15) is 0 Å². The van der Waals surface area contributed by atoms with E-state index in [1.807, 2.05) is 31.2 Å². The van der Waals surface area contributed by atoms with Crippen LogP contribution in [0.3, 0.4) is 0 Å². The molecule has 1 aromatic rings. The molecule has 116 valence electrons. The van der Waals surface area contributed by atoms with Crippen molar-refractivity contribution in [1.82, 2.24) is 5.32 Å². The molecular weight excluding hydrogens is 264 g/mol. The highest BCUT2D eigenvalue weighted by molar-refractivity contribution is 5.85. The molecule has 0 spiro atoms. The van der Waals surface area contributed by atoms with E-state index in [1.165, 1.54) is 6.42 Å². The number of hydrogen-bond acceptors (Lipinski definition) is 3. The molecule has 0 radical (unpaired) electrons. The Balaban J connectivity index is 1.94. The van der Waals surface area contributed by atoms with Gasteiger partial charge in [0, 0.05) is 12.1 Å². The summed E-state index contributed by atoms with van der Waals surface area (Å²) in [6.45, 7) is 4.26. The summed E-state index contributed by atoms with van der Waals surface area (Å²) in [5, 5.41) is 2.93. The van der Waals surface area contributed by atoms with Gasteiger partial charge in [-0.25, -0.2) is 0 Å². The van der Waals surface area contributed by atoms with Crippen molar-refractivity contribution in [1.29, 1.82) is 0 Å². The lowest BCUT2D eigenvalue weighted by Crippen LogP contribution is -2.51. The van der Waals surface area contributed by atoms with Gasteiger partial charge in [-0.3, -0.25) is 4.79 Å². The number of rotatable bonds is 7. The van der Waals surface area contributed by atoms with Crippen LogP contribution in [0.5, 0.6) is 5.75 Å². The lowest BCUT2D eigenvalue weighted by molar-refractivity contribution is -0.126.